The molecule has 0 bridgehead atoms. The van der Waals surface area contributed by atoms with Crippen LogP contribution < -0.4 is 9.64 Å². The van der Waals surface area contributed by atoms with Crippen LogP contribution in [0.4, 0.5) is 5.69 Å². The smallest absolute Gasteiger partial charge is 0.120 e. The first kappa shape index (κ1) is 14.9. The second-order valence-electron chi connectivity index (χ2n) is 4.83. The minimum Gasteiger partial charge on any atom is -0.497 e. The number of anilines is 1. The summed E-state index contributed by atoms with van der Waals surface area (Å²) in [6.07, 6.45) is -0.617. The van der Waals surface area contributed by atoms with Gasteiger partial charge in [-0.3, -0.25) is 0 Å². The van der Waals surface area contributed by atoms with Crippen molar-refractivity contribution in [2.75, 3.05) is 25.6 Å². The summed E-state index contributed by atoms with van der Waals surface area (Å²) in [4.78, 5) is 1.96. The molecule has 0 fully saturated rings. The van der Waals surface area contributed by atoms with Crippen molar-refractivity contribution in [2.45, 2.75) is 6.10 Å². The average Bonchev–Trinajstić information content (AvgIpc) is 2.54. The van der Waals surface area contributed by atoms with Gasteiger partial charge in [-0.2, -0.15) is 5.26 Å². The van der Waals surface area contributed by atoms with Crippen LogP contribution in [0.3, 0.4) is 0 Å². The molecule has 0 saturated carbocycles. The fourth-order valence-corrected chi connectivity index (χ4v) is 2.10. The fourth-order valence-electron chi connectivity index (χ4n) is 2.10. The highest BCUT2D eigenvalue weighted by Crippen LogP contribution is 2.22. The van der Waals surface area contributed by atoms with E-state index in [-0.39, 0.29) is 0 Å². The van der Waals surface area contributed by atoms with Crippen LogP contribution in [0, 0.1) is 11.3 Å². The van der Waals surface area contributed by atoms with Gasteiger partial charge in [0.2, 0.25) is 0 Å². The predicted molar refractivity (Wildman–Crippen MR) is 82.4 cm³/mol. The summed E-state index contributed by atoms with van der Waals surface area (Å²) < 4.78 is 5.20. The Morgan fingerprint density at radius 1 is 1.24 bits per heavy atom. The largest absolute Gasteiger partial charge is 0.497 e. The fraction of sp³-hybridized carbons (Fsp3) is 0.235. The van der Waals surface area contributed by atoms with Crippen LogP contribution in [-0.4, -0.2) is 25.8 Å². The molecule has 0 amide bonds. The lowest BCUT2D eigenvalue weighted by atomic mass is 10.1. The van der Waals surface area contributed by atoms with Gasteiger partial charge in [-0.1, -0.05) is 18.2 Å². The van der Waals surface area contributed by atoms with E-state index in [4.69, 9.17) is 10.00 Å². The van der Waals surface area contributed by atoms with Crippen LogP contribution in [0.5, 0.6) is 5.75 Å². The highest BCUT2D eigenvalue weighted by Gasteiger charge is 2.11. The van der Waals surface area contributed by atoms with E-state index in [1.165, 1.54) is 0 Å². The number of nitriles is 1. The summed E-state index contributed by atoms with van der Waals surface area (Å²) in [5, 5.41) is 19.1. The molecule has 4 nitrogen and oxygen atoms in total. The van der Waals surface area contributed by atoms with E-state index in [1.54, 1.807) is 31.4 Å². The van der Waals surface area contributed by atoms with E-state index in [2.05, 4.69) is 6.07 Å². The lowest BCUT2D eigenvalue weighted by Crippen LogP contribution is -2.24. The molecule has 0 aliphatic rings. The molecule has 1 N–H and O–H groups in total. The van der Waals surface area contributed by atoms with Gasteiger partial charge in [0.05, 0.1) is 24.8 Å². The maximum absolute atomic E-state index is 10.3. The van der Waals surface area contributed by atoms with Gasteiger partial charge < -0.3 is 14.7 Å². The van der Waals surface area contributed by atoms with Crippen LogP contribution in [0.1, 0.15) is 17.2 Å². The van der Waals surface area contributed by atoms with E-state index in [0.29, 0.717) is 12.1 Å². The summed E-state index contributed by atoms with van der Waals surface area (Å²) in [5.74, 6) is 0.784. The maximum Gasteiger partial charge on any atom is 0.120 e. The van der Waals surface area contributed by atoms with E-state index in [9.17, 15) is 5.11 Å². The molecule has 2 aromatic carbocycles. The van der Waals surface area contributed by atoms with Crippen molar-refractivity contribution < 1.29 is 9.84 Å². The van der Waals surface area contributed by atoms with Crippen LogP contribution >= 0.6 is 0 Å². The maximum atomic E-state index is 10.3. The van der Waals surface area contributed by atoms with Crippen LogP contribution in [0.2, 0.25) is 0 Å². The summed E-state index contributed by atoms with van der Waals surface area (Å²) >= 11 is 0. The zero-order valence-electron chi connectivity index (χ0n) is 12.2. The van der Waals surface area contributed by atoms with E-state index < -0.39 is 6.10 Å². The summed E-state index contributed by atoms with van der Waals surface area (Å²) in [7, 11) is 3.55. The van der Waals surface area contributed by atoms with Crippen molar-refractivity contribution in [1.29, 1.82) is 5.26 Å². The normalized spacial score (nSPS) is 11.5. The molecule has 0 saturated heterocycles. The first-order chi connectivity index (χ1) is 10.1. The molecular weight excluding hydrogens is 264 g/mol. The molecule has 108 valence electrons. The Morgan fingerprint density at radius 2 is 1.95 bits per heavy atom. The third kappa shape index (κ3) is 3.74. The number of benzene rings is 2. The van der Waals surface area contributed by atoms with E-state index in [1.807, 2.05) is 36.2 Å². The molecule has 0 radical (unpaired) electrons. The molecule has 2 aromatic rings. The van der Waals surface area contributed by atoms with Gasteiger partial charge in [-0.25, -0.2) is 0 Å². The van der Waals surface area contributed by atoms with Crippen LogP contribution in [0.15, 0.2) is 48.5 Å². The first-order valence-electron chi connectivity index (χ1n) is 6.67. The molecule has 4 heteroatoms. The van der Waals surface area contributed by atoms with Crippen molar-refractivity contribution in [2.24, 2.45) is 0 Å². The third-order valence-corrected chi connectivity index (χ3v) is 3.37. The number of nitrogens with zero attached hydrogens (tertiary/aromatic N) is 2. The van der Waals surface area contributed by atoms with E-state index >= 15 is 0 Å². The zero-order chi connectivity index (χ0) is 15.2. The molecule has 21 heavy (non-hydrogen) atoms. The highest BCUT2D eigenvalue weighted by atomic mass is 16.5. The van der Waals surface area contributed by atoms with Crippen molar-refractivity contribution in [3.8, 4) is 11.8 Å². The van der Waals surface area contributed by atoms with Crippen molar-refractivity contribution in [3.63, 3.8) is 0 Å². The molecule has 0 aliphatic carbocycles. The minimum atomic E-state index is -0.617. The van der Waals surface area contributed by atoms with Gasteiger partial charge in [0.15, 0.2) is 0 Å². The monoisotopic (exact) mass is 282 g/mol. The number of aliphatic hydroxyl groups is 1. The molecule has 1 atom stereocenters. The molecular formula is C17H18N2O2. The Labute approximate surface area is 124 Å². The lowest BCUT2D eigenvalue weighted by molar-refractivity contribution is 0.185. The molecule has 1 unspecified atom stereocenters. The topological polar surface area (TPSA) is 56.5 Å². The van der Waals surface area contributed by atoms with Crippen molar-refractivity contribution in [3.05, 3.63) is 59.7 Å². The number of likely N-dealkylation sites (N-methyl/N-ethyl adjacent to an activating group) is 1. The number of aliphatic hydroxyl groups excluding tert-OH is 1. The molecule has 2 rings (SSSR count). The molecule has 0 aliphatic heterocycles. The third-order valence-electron chi connectivity index (χ3n) is 3.37. The summed E-state index contributed by atoms with van der Waals surface area (Å²) in [6, 6.07) is 16.7. The summed E-state index contributed by atoms with van der Waals surface area (Å²) in [5.41, 5.74) is 2.36. The first-order valence-corrected chi connectivity index (χ1v) is 6.67. The van der Waals surface area contributed by atoms with Gasteiger partial charge in [-0.15, -0.1) is 0 Å². The van der Waals surface area contributed by atoms with Gasteiger partial charge in [-0.05, 0) is 29.8 Å². The number of hydrogen-bond acceptors (Lipinski definition) is 4. The number of ether oxygens (including phenoxy) is 1. The Balaban J connectivity index is 2.07. The predicted octanol–water partition coefficient (Wildman–Crippen LogP) is 2.74. The number of hydrogen-bond donors (Lipinski definition) is 1. The molecule has 0 spiro atoms. The highest BCUT2D eigenvalue weighted by molar-refractivity contribution is 5.50. The average molecular weight is 282 g/mol. The SMILES string of the molecule is COc1cccc(N(C)CC(O)c2ccc(C#N)cc2)c1. The van der Waals surface area contributed by atoms with E-state index in [0.717, 1.165) is 17.0 Å². The van der Waals surface area contributed by atoms with Gasteiger partial charge in [0, 0.05) is 25.3 Å². The summed E-state index contributed by atoms with van der Waals surface area (Å²) in [6.45, 7) is 0.457. The van der Waals surface area contributed by atoms with Gasteiger partial charge >= 0.3 is 0 Å². The second-order valence-corrected chi connectivity index (χ2v) is 4.83. The Bertz CT molecular complexity index is 632. The quantitative estimate of drug-likeness (QED) is 0.916. The van der Waals surface area contributed by atoms with Crippen molar-refractivity contribution in [1.82, 2.24) is 0 Å². The Hall–Kier alpha value is -2.51. The Morgan fingerprint density at radius 3 is 2.57 bits per heavy atom. The standard InChI is InChI=1S/C17H18N2O2/c1-19(15-4-3-5-16(10-15)21-2)12-17(20)14-8-6-13(11-18)7-9-14/h3-10,17,20H,12H2,1-2H3. The second kappa shape index (κ2) is 6.78. The zero-order valence-corrected chi connectivity index (χ0v) is 12.2. The van der Waals surface area contributed by atoms with Crippen LogP contribution in [-0.2, 0) is 0 Å². The van der Waals surface area contributed by atoms with Crippen molar-refractivity contribution >= 4 is 5.69 Å². The lowest BCUT2D eigenvalue weighted by Gasteiger charge is -2.23. The van der Waals surface area contributed by atoms with Gasteiger partial charge in [0.25, 0.3) is 0 Å². The number of rotatable bonds is 5. The molecule has 0 heterocycles. The Kier molecular flexibility index (Phi) is 4.81. The molecule has 0 aromatic heterocycles. The van der Waals surface area contributed by atoms with Crippen LogP contribution in [0.25, 0.3) is 0 Å². The van der Waals surface area contributed by atoms with Gasteiger partial charge in [0.1, 0.15) is 5.75 Å². The number of methoxy groups -OCH3 is 1. The minimum absolute atomic E-state index is 0.457.